The number of anilines is 2. The molecular weight excluding hydrogens is 331 g/mol. The fraction of sp³-hybridized carbons (Fsp3) is 0.118. The van der Waals surface area contributed by atoms with Gasteiger partial charge in [0.2, 0.25) is 5.89 Å². The van der Waals surface area contributed by atoms with E-state index in [-0.39, 0.29) is 11.8 Å². The normalized spacial score (nSPS) is 12.8. The Kier molecular flexibility index (Phi) is 3.74. The number of hydrogen-bond acceptors (Lipinski definition) is 5. The summed E-state index contributed by atoms with van der Waals surface area (Å²) in [7, 11) is 0. The lowest BCUT2D eigenvalue weighted by atomic mass is 10.1. The van der Waals surface area contributed by atoms with Gasteiger partial charge in [-0.15, -0.1) is 5.10 Å². The highest BCUT2D eigenvalue weighted by atomic mass is 35.5. The summed E-state index contributed by atoms with van der Waals surface area (Å²) in [5.74, 6) is 0.117. The topological polar surface area (TPSA) is 63.3 Å². The number of benzene rings is 2. The summed E-state index contributed by atoms with van der Waals surface area (Å²) in [4.78, 5) is 4.18. The average molecular weight is 343 g/mol. The van der Waals surface area contributed by atoms with Crippen molar-refractivity contribution in [3.8, 4) is 0 Å². The van der Waals surface area contributed by atoms with E-state index in [1.54, 1.807) is 6.07 Å². The summed E-state index contributed by atoms with van der Waals surface area (Å²) >= 11 is 6.07. The van der Waals surface area contributed by atoms with Crippen LogP contribution in [0, 0.1) is 5.82 Å². The summed E-state index contributed by atoms with van der Waals surface area (Å²) in [6, 6.07) is 12.3. The Morgan fingerprint density at radius 2 is 2.08 bits per heavy atom. The number of halogens is 2. The highest BCUT2D eigenvalue weighted by Gasteiger charge is 2.15. The van der Waals surface area contributed by atoms with Gasteiger partial charge in [0.25, 0.3) is 0 Å². The molecule has 0 atom stereocenters. The van der Waals surface area contributed by atoms with Gasteiger partial charge in [-0.2, -0.15) is 0 Å². The molecule has 24 heavy (non-hydrogen) atoms. The second kappa shape index (κ2) is 6.05. The van der Waals surface area contributed by atoms with E-state index in [1.807, 2.05) is 24.3 Å². The zero-order chi connectivity index (χ0) is 16.5. The smallest absolute Gasteiger partial charge is 0.320 e. The molecule has 3 aromatic rings. The van der Waals surface area contributed by atoms with Crippen LogP contribution in [0.1, 0.15) is 22.6 Å². The second-order valence-corrected chi connectivity index (χ2v) is 5.77. The first kappa shape index (κ1) is 14.8. The molecule has 0 spiro atoms. The van der Waals surface area contributed by atoms with Gasteiger partial charge in [-0.1, -0.05) is 34.9 Å². The maximum atomic E-state index is 13.2. The molecule has 1 aliphatic heterocycles. The van der Waals surface area contributed by atoms with Crippen LogP contribution in [0.5, 0.6) is 0 Å². The molecule has 1 aliphatic rings. The van der Waals surface area contributed by atoms with Crippen LogP contribution in [0.4, 0.5) is 16.1 Å². The molecule has 0 saturated carbocycles. The first-order valence-electron chi connectivity index (χ1n) is 7.34. The quantitative estimate of drug-likeness (QED) is 0.777. The van der Waals surface area contributed by atoms with Crippen LogP contribution in [0.25, 0.3) is 0 Å². The third-order valence-electron chi connectivity index (χ3n) is 3.68. The predicted molar refractivity (Wildman–Crippen MR) is 89.3 cm³/mol. The summed E-state index contributed by atoms with van der Waals surface area (Å²) in [6.07, 6.45) is 0.370. The number of hydrogen-bond donors (Lipinski definition) is 1. The van der Waals surface area contributed by atoms with Crippen LogP contribution in [-0.2, 0) is 13.0 Å². The van der Waals surface area contributed by atoms with Crippen molar-refractivity contribution in [2.24, 2.45) is 4.99 Å². The minimum absolute atomic E-state index is 0.271. The van der Waals surface area contributed by atoms with Crippen LogP contribution in [-0.4, -0.2) is 15.4 Å². The van der Waals surface area contributed by atoms with Crippen molar-refractivity contribution in [3.63, 3.8) is 0 Å². The molecule has 2 aromatic carbocycles. The van der Waals surface area contributed by atoms with E-state index in [1.165, 1.54) is 12.1 Å². The molecule has 2 heterocycles. The Bertz CT molecular complexity index is 938. The van der Waals surface area contributed by atoms with Gasteiger partial charge in [-0.25, -0.2) is 4.39 Å². The van der Waals surface area contributed by atoms with Crippen LogP contribution in [0.3, 0.4) is 0 Å². The van der Waals surface area contributed by atoms with Crippen molar-refractivity contribution in [3.05, 3.63) is 70.9 Å². The molecule has 0 fully saturated rings. The van der Waals surface area contributed by atoms with Crippen molar-refractivity contribution < 1.29 is 8.81 Å². The maximum Gasteiger partial charge on any atom is 0.320 e. The summed E-state index contributed by atoms with van der Waals surface area (Å²) in [5, 5.41) is 11.5. The molecule has 0 unspecified atom stereocenters. The lowest BCUT2D eigenvalue weighted by Crippen LogP contribution is -1.95. The van der Waals surface area contributed by atoms with Crippen LogP contribution in [0.2, 0.25) is 0 Å². The molecule has 1 N–H and O–H groups in total. The standard InChI is InChI=1S/C17H12ClFN4O/c18-16-14-8-13(5-4-11(14)9-20-16)21-17-23-22-15(24-17)7-10-2-1-3-12(19)6-10/h1-6,8H,7,9H2,(H,21,23). The highest BCUT2D eigenvalue weighted by molar-refractivity contribution is 6.70. The molecule has 5 nitrogen and oxygen atoms in total. The number of rotatable bonds is 4. The zero-order valence-corrected chi connectivity index (χ0v) is 13.2. The monoisotopic (exact) mass is 342 g/mol. The van der Waals surface area contributed by atoms with Crippen molar-refractivity contribution in [1.82, 2.24) is 10.2 Å². The summed E-state index contributed by atoms with van der Waals surface area (Å²) < 4.78 is 18.8. The maximum absolute atomic E-state index is 13.2. The van der Waals surface area contributed by atoms with Crippen molar-refractivity contribution in [2.75, 3.05) is 5.32 Å². The Morgan fingerprint density at radius 1 is 1.17 bits per heavy atom. The lowest BCUT2D eigenvalue weighted by molar-refractivity contribution is 0.520. The number of aromatic nitrogens is 2. The first-order chi connectivity index (χ1) is 11.7. The Morgan fingerprint density at radius 3 is 2.96 bits per heavy atom. The molecular formula is C17H12ClFN4O. The van der Waals surface area contributed by atoms with Gasteiger partial charge in [-0.05, 0) is 35.4 Å². The fourth-order valence-electron chi connectivity index (χ4n) is 2.54. The third kappa shape index (κ3) is 3.00. The molecule has 0 amide bonds. The van der Waals surface area contributed by atoms with E-state index in [4.69, 9.17) is 16.0 Å². The first-order valence-corrected chi connectivity index (χ1v) is 7.72. The van der Waals surface area contributed by atoms with Crippen LogP contribution < -0.4 is 5.32 Å². The molecule has 0 aliphatic carbocycles. The Hall–Kier alpha value is -2.73. The van der Waals surface area contributed by atoms with Crippen molar-refractivity contribution in [2.45, 2.75) is 13.0 Å². The Balaban J connectivity index is 1.49. The minimum atomic E-state index is -0.290. The third-order valence-corrected chi connectivity index (χ3v) is 4.01. The van der Waals surface area contributed by atoms with Gasteiger partial charge < -0.3 is 9.73 Å². The summed E-state index contributed by atoms with van der Waals surface area (Å²) in [6.45, 7) is 0.604. The van der Waals surface area contributed by atoms with E-state index in [9.17, 15) is 4.39 Å². The lowest BCUT2D eigenvalue weighted by Gasteiger charge is -2.04. The van der Waals surface area contributed by atoms with E-state index in [0.717, 1.165) is 22.4 Å². The highest BCUT2D eigenvalue weighted by Crippen LogP contribution is 2.26. The predicted octanol–water partition coefficient (Wildman–Crippen LogP) is 4.04. The van der Waals surface area contributed by atoms with Crippen LogP contribution >= 0.6 is 11.6 Å². The van der Waals surface area contributed by atoms with E-state index in [0.29, 0.717) is 24.0 Å². The van der Waals surface area contributed by atoms with Gasteiger partial charge in [0, 0.05) is 11.3 Å². The summed E-state index contributed by atoms with van der Waals surface area (Å²) in [5.41, 5.74) is 3.54. The molecule has 0 radical (unpaired) electrons. The van der Waals surface area contributed by atoms with Crippen molar-refractivity contribution >= 4 is 28.5 Å². The molecule has 0 saturated heterocycles. The average Bonchev–Trinajstić information content (AvgIpc) is 3.15. The Labute approximate surface area is 142 Å². The minimum Gasteiger partial charge on any atom is -0.408 e. The van der Waals surface area contributed by atoms with E-state index >= 15 is 0 Å². The van der Waals surface area contributed by atoms with Crippen molar-refractivity contribution in [1.29, 1.82) is 0 Å². The number of fused-ring (bicyclic) bond motifs is 1. The number of aliphatic imine (C=N–C) groups is 1. The van der Waals surface area contributed by atoms with E-state index < -0.39 is 0 Å². The number of nitrogens with one attached hydrogen (secondary N) is 1. The largest absolute Gasteiger partial charge is 0.408 e. The fourth-order valence-corrected chi connectivity index (χ4v) is 2.78. The van der Waals surface area contributed by atoms with Gasteiger partial charge >= 0.3 is 6.01 Å². The van der Waals surface area contributed by atoms with Crippen LogP contribution in [0.15, 0.2) is 51.9 Å². The van der Waals surface area contributed by atoms with E-state index in [2.05, 4.69) is 20.5 Å². The molecule has 1 aromatic heterocycles. The van der Waals surface area contributed by atoms with Gasteiger partial charge in [0.1, 0.15) is 11.0 Å². The molecule has 0 bridgehead atoms. The van der Waals surface area contributed by atoms with Gasteiger partial charge in [0.05, 0.1) is 13.0 Å². The molecule has 120 valence electrons. The molecule has 7 heteroatoms. The SMILES string of the molecule is Fc1cccc(Cc2nnc(Nc3ccc4c(c3)C(Cl)=NC4)o2)c1. The number of nitrogens with zero attached hydrogens (tertiary/aromatic N) is 3. The second-order valence-electron chi connectivity index (χ2n) is 5.41. The van der Waals surface area contributed by atoms with Gasteiger partial charge in [-0.3, -0.25) is 4.99 Å². The van der Waals surface area contributed by atoms with Gasteiger partial charge in [0.15, 0.2) is 0 Å². The molecule has 4 rings (SSSR count). The zero-order valence-electron chi connectivity index (χ0n) is 12.5.